The molecule has 0 aliphatic heterocycles. The number of unbranched alkanes of at least 4 members (excludes halogenated alkanes) is 8. The molecule has 0 radical (unpaired) electrons. The third-order valence-corrected chi connectivity index (χ3v) is 3.57. The lowest BCUT2D eigenvalue weighted by Crippen LogP contribution is -2.16. The van der Waals surface area contributed by atoms with Gasteiger partial charge in [-0.05, 0) is 12.2 Å². The van der Waals surface area contributed by atoms with E-state index in [4.69, 9.17) is 10.0 Å². The molecule has 2 N–H and O–H groups in total. The van der Waals surface area contributed by atoms with Crippen molar-refractivity contribution in [3.8, 4) is 0 Å². The van der Waals surface area contributed by atoms with Gasteiger partial charge < -0.3 is 14.7 Å². The van der Waals surface area contributed by atoms with E-state index in [0.717, 1.165) is 5.75 Å². The molecule has 0 saturated heterocycles. The highest BCUT2D eigenvalue weighted by Crippen LogP contribution is 2.11. The highest BCUT2D eigenvalue weighted by atomic mass is 32.2. The number of hydrogen-bond donors (Lipinski definition) is 2. The van der Waals surface area contributed by atoms with Crippen molar-refractivity contribution in [2.24, 2.45) is 0 Å². The van der Waals surface area contributed by atoms with E-state index in [1.165, 1.54) is 57.8 Å². The maximum atomic E-state index is 8.43. The third kappa shape index (κ3) is 16.3. The summed E-state index contributed by atoms with van der Waals surface area (Å²) in [7, 11) is -1.62. The van der Waals surface area contributed by atoms with E-state index in [0.29, 0.717) is 5.94 Å². The van der Waals surface area contributed by atoms with Gasteiger partial charge >= 0.3 is 7.32 Å². The second-order valence-electron chi connectivity index (χ2n) is 4.35. The fraction of sp³-hybridized carbons (Fsp3) is 1.00. The van der Waals surface area contributed by atoms with Crippen LogP contribution in [0, 0.1) is 0 Å². The summed E-state index contributed by atoms with van der Waals surface area (Å²) in [6.07, 6.45) is 12.0. The Morgan fingerprint density at radius 2 is 1.41 bits per heavy atom. The van der Waals surface area contributed by atoms with Crippen molar-refractivity contribution in [1.29, 1.82) is 0 Å². The summed E-state index contributed by atoms with van der Waals surface area (Å²) in [5, 5.41) is 16.9. The van der Waals surface area contributed by atoms with Crippen LogP contribution in [-0.2, 0) is 4.65 Å². The number of rotatable bonds is 13. The molecule has 0 aliphatic carbocycles. The largest absolute Gasteiger partial charge is 0.634 e. The molecule has 102 valence electrons. The SMILES string of the molecule is CCCCCCCCCCCSCOB(O)O. The van der Waals surface area contributed by atoms with Crippen LogP contribution in [0.3, 0.4) is 0 Å². The summed E-state index contributed by atoms with van der Waals surface area (Å²) in [5.74, 6) is 1.41. The van der Waals surface area contributed by atoms with Crippen LogP contribution >= 0.6 is 11.8 Å². The van der Waals surface area contributed by atoms with E-state index in [9.17, 15) is 0 Å². The smallest absolute Gasteiger partial charge is 0.402 e. The van der Waals surface area contributed by atoms with Crippen molar-refractivity contribution in [1.82, 2.24) is 0 Å². The molecule has 0 rings (SSSR count). The van der Waals surface area contributed by atoms with Crippen LogP contribution in [0.4, 0.5) is 0 Å². The third-order valence-electron chi connectivity index (χ3n) is 2.69. The molecule has 0 unspecified atom stereocenters. The molecule has 0 spiro atoms. The average molecular weight is 262 g/mol. The Kier molecular flexibility index (Phi) is 14.6. The van der Waals surface area contributed by atoms with Crippen LogP contribution in [-0.4, -0.2) is 29.1 Å². The molecular formula is C12H27BO3S. The van der Waals surface area contributed by atoms with E-state index >= 15 is 0 Å². The van der Waals surface area contributed by atoms with Gasteiger partial charge in [0.05, 0.1) is 5.94 Å². The second-order valence-corrected chi connectivity index (χ2v) is 5.40. The monoisotopic (exact) mass is 262 g/mol. The van der Waals surface area contributed by atoms with Crippen molar-refractivity contribution in [2.45, 2.75) is 64.7 Å². The van der Waals surface area contributed by atoms with Crippen LogP contribution in [0.2, 0.25) is 0 Å². The Labute approximate surface area is 111 Å². The van der Waals surface area contributed by atoms with E-state index in [2.05, 4.69) is 11.6 Å². The molecule has 0 aromatic carbocycles. The Hall–Kier alpha value is 0.295. The number of thioether (sulfide) groups is 1. The first-order valence-electron chi connectivity index (χ1n) is 6.83. The van der Waals surface area contributed by atoms with E-state index in [1.807, 2.05) is 0 Å². The summed E-state index contributed by atoms with van der Waals surface area (Å²) in [6.45, 7) is 2.25. The van der Waals surface area contributed by atoms with Crippen LogP contribution in [0.15, 0.2) is 0 Å². The lowest BCUT2D eigenvalue weighted by Gasteiger charge is -2.03. The zero-order chi connectivity index (χ0) is 12.8. The minimum absolute atomic E-state index is 0.370. The van der Waals surface area contributed by atoms with Gasteiger partial charge in [-0.3, -0.25) is 0 Å². The van der Waals surface area contributed by atoms with Gasteiger partial charge in [-0.15, -0.1) is 11.8 Å². The van der Waals surface area contributed by atoms with Gasteiger partial charge in [0.15, 0.2) is 0 Å². The molecule has 0 atom stereocenters. The fourth-order valence-corrected chi connectivity index (χ4v) is 2.43. The lowest BCUT2D eigenvalue weighted by atomic mass is 10.1. The van der Waals surface area contributed by atoms with Gasteiger partial charge in [0.25, 0.3) is 0 Å². The fourth-order valence-electron chi connectivity index (χ4n) is 1.68. The molecule has 0 saturated carbocycles. The van der Waals surface area contributed by atoms with E-state index in [1.54, 1.807) is 11.8 Å². The Bertz CT molecular complexity index is 148. The first-order valence-corrected chi connectivity index (χ1v) is 7.98. The summed E-state index contributed by atoms with van der Waals surface area (Å²) in [4.78, 5) is 0. The molecule has 0 aliphatic rings. The minimum Gasteiger partial charge on any atom is -0.402 e. The van der Waals surface area contributed by atoms with E-state index in [-0.39, 0.29) is 0 Å². The van der Waals surface area contributed by atoms with Crippen molar-refractivity contribution < 1.29 is 14.7 Å². The van der Waals surface area contributed by atoms with Crippen LogP contribution in [0.5, 0.6) is 0 Å². The van der Waals surface area contributed by atoms with Crippen molar-refractivity contribution in [2.75, 3.05) is 11.7 Å². The lowest BCUT2D eigenvalue weighted by molar-refractivity contribution is 0.220. The summed E-state index contributed by atoms with van der Waals surface area (Å²) >= 11 is 1.61. The molecule has 0 amide bonds. The van der Waals surface area contributed by atoms with Crippen molar-refractivity contribution >= 4 is 19.1 Å². The van der Waals surface area contributed by atoms with Gasteiger partial charge in [-0.1, -0.05) is 58.3 Å². The zero-order valence-corrected chi connectivity index (χ0v) is 11.9. The Balaban J connectivity index is 2.89. The van der Waals surface area contributed by atoms with Crippen LogP contribution < -0.4 is 0 Å². The van der Waals surface area contributed by atoms with Crippen LogP contribution in [0.25, 0.3) is 0 Å². The minimum atomic E-state index is -1.62. The Morgan fingerprint density at radius 3 is 1.94 bits per heavy atom. The van der Waals surface area contributed by atoms with Gasteiger partial charge in [-0.25, -0.2) is 0 Å². The highest BCUT2D eigenvalue weighted by molar-refractivity contribution is 7.99. The van der Waals surface area contributed by atoms with Gasteiger partial charge in [0, 0.05) is 0 Å². The topological polar surface area (TPSA) is 49.7 Å². The Morgan fingerprint density at radius 1 is 0.882 bits per heavy atom. The van der Waals surface area contributed by atoms with E-state index < -0.39 is 7.32 Å². The summed E-state index contributed by atoms with van der Waals surface area (Å²) in [5.41, 5.74) is 0. The molecular weight excluding hydrogens is 235 g/mol. The molecule has 0 heterocycles. The normalized spacial score (nSPS) is 10.8. The summed E-state index contributed by atoms with van der Waals surface area (Å²) < 4.78 is 4.60. The molecule has 0 bridgehead atoms. The first-order chi connectivity index (χ1) is 8.27. The van der Waals surface area contributed by atoms with Crippen molar-refractivity contribution in [3.05, 3.63) is 0 Å². The molecule has 3 nitrogen and oxygen atoms in total. The molecule has 0 aromatic heterocycles. The average Bonchev–Trinajstić information content (AvgIpc) is 2.30. The predicted octanol–water partition coefficient (Wildman–Crippen LogP) is 3.19. The summed E-state index contributed by atoms with van der Waals surface area (Å²) in [6, 6.07) is 0. The molecule has 0 aromatic rings. The maximum Gasteiger partial charge on any atom is 0.634 e. The first kappa shape index (κ1) is 17.3. The molecule has 17 heavy (non-hydrogen) atoms. The standard InChI is InChI=1S/C12H27BO3S/c1-2-3-4-5-6-7-8-9-10-11-17-12-16-13(14)15/h14-15H,2-12H2,1H3. The number of hydrogen-bond acceptors (Lipinski definition) is 4. The molecule has 5 heteroatoms. The quantitative estimate of drug-likeness (QED) is 0.304. The van der Waals surface area contributed by atoms with Gasteiger partial charge in [-0.2, -0.15) is 0 Å². The highest BCUT2D eigenvalue weighted by Gasteiger charge is 2.06. The zero-order valence-electron chi connectivity index (χ0n) is 11.1. The van der Waals surface area contributed by atoms with Gasteiger partial charge in [0.2, 0.25) is 0 Å². The molecule has 0 fully saturated rings. The van der Waals surface area contributed by atoms with Crippen LogP contribution in [0.1, 0.15) is 64.7 Å². The van der Waals surface area contributed by atoms with Crippen molar-refractivity contribution in [3.63, 3.8) is 0 Å². The second kappa shape index (κ2) is 14.4. The predicted molar refractivity (Wildman–Crippen MR) is 75.8 cm³/mol. The van der Waals surface area contributed by atoms with Gasteiger partial charge in [0.1, 0.15) is 0 Å². The maximum absolute atomic E-state index is 8.43.